The van der Waals surface area contributed by atoms with E-state index in [4.69, 9.17) is 0 Å². The van der Waals surface area contributed by atoms with Crippen LogP contribution in [-0.4, -0.2) is 20.9 Å². The quantitative estimate of drug-likeness (QED) is 0.794. The molecule has 4 rings (SSSR count). The van der Waals surface area contributed by atoms with Crippen LogP contribution in [0.25, 0.3) is 11.4 Å². The summed E-state index contributed by atoms with van der Waals surface area (Å²) < 4.78 is 0. The number of carbonyl (C=O) groups is 1. The molecular weight excluding hydrogens is 308 g/mol. The average Bonchev–Trinajstić information content (AvgIpc) is 3.36. The van der Waals surface area contributed by atoms with Crippen LogP contribution in [0, 0.1) is 0 Å². The smallest absolute Gasteiger partial charge is 0.260 e. The summed E-state index contributed by atoms with van der Waals surface area (Å²) in [7, 11) is 0. The average molecular weight is 322 g/mol. The minimum absolute atomic E-state index is 0.235. The number of hydrogen-bond acceptors (Lipinski definition) is 5. The minimum Gasteiger partial charge on any atom is -0.298 e. The highest BCUT2D eigenvalue weighted by Crippen LogP contribution is 2.40. The topological polar surface area (TPSA) is 67.8 Å². The molecule has 1 aliphatic carbocycles. The number of nitrogens with one attached hydrogen (secondary N) is 1. The van der Waals surface area contributed by atoms with E-state index in [1.807, 2.05) is 35.7 Å². The Morgan fingerprint density at radius 3 is 2.57 bits per heavy atom. The van der Waals surface area contributed by atoms with Gasteiger partial charge in [0.1, 0.15) is 0 Å². The molecule has 3 aromatic rings. The Morgan fingerprint density at radius 2 is 1.87 bits per heavy atom. The van der Waals surface area contributed by atoms with Crippen LogP contribution in [0.2, 0.25) is 0 Å². The summed E-state index contributed by atoms with van der Waals surface area (Å²) in [5.41, 5.74) is 2.43. The van der Waals surface area contributed by atoms with Crippen molar-refractivity contribution in [3.63, 3.8) is 0 Å². The standard InChI is InChI=1S/C17H14N4OS/c22-16(21-17-20-14(10-23-17)11-6-7-11)13-8-18-15(19-9-13)12-4-2-1-3-5-12/h1-5,8-11H,6-7H2,(H,20,21,22). The Kier molecular flexibility index (Phi) is 3.59. The van der Waals surface area contributed by atoms with Gasteiger partial charge in [0.05, 0.1) is 11.3 Å². The molecule has 1 fully saturated rings. The Hall–Kier alpha value is -2.60. The number of aromatic nitrogens is 3. The molecular formula is C17H14N4OS. The molecule has 0 radical (unpaired) electrons. The summed E-state index contributed by atoms with van der Waals surface area (Å²) in [6, 6.07) is 9.67. The highest BCUT2D eigenvalue weighted by atomic mass is 32.1. The molecule has 114 valence electrons. The van der Waals surface area contributed by atoms with Crippen LogP contribution in [0.15, 0.2) is 48.1 Å². The van der Waals surface area contributed by atoms with Crippen LogP contribution in [0.1, 0.15) is 34.8 Å². The van der Waals surface area contributed by atoms with Gasteiger partial charge in [0.15, 0.2) is 11.0 Å². The normalized spacial score (nSPS) is 13.7. The molecule has 1 N–H and O–H groups in total. The molecule has 0 bridgehead atoms. The monoisotopic (exact) mass is 322 g/mol. The van der Waals surface area contributed by atoms with E-state index in [0.29, 0.717) is 22.4 Å². The Labute approximate surface area is 137 Å². The van der Waals surface area contributed by atoms with Gasteiger partial charge in [-0.1, -0.05) is 30.3 Å². The zero-order valence-corrected chi connectivity index (χ0v) is 13.1. The van der Waals surface area contributed by atoms with E-state index in [0.717, 1.165) is 11.3 Å². The molecule has 23 heavy (non-hydrogen) atoms. The maximum atomic E-state index is 12.2. The second kappa shape index (κ2) is 5.89. The highest BCUT2D eigenvalue weighted by Gasteiger charge is 2.26. The summed E-state index contributed by atoms with van der Waals surface area (Å²) in [5, 5.41) is 5.45. The van der Waals surface area contributed by atoms with Crippen molar-refractivity contribution in [2.75, 3.05) is 5.32 Å². The fourth-order valence-electron chi connectivity index (χ4n) is 2.26. The van der Waals surface area contributed by atoms with Crippen molar-refractivity contribution in [1.29, 1.82) is 0 Å². The van der Waals surface area contributed by atoms with Gasteiger partial charge in [-0.05, 0) is 12.8 Å². The second-order valence-corrected chi connectivity index (χ2v) is 6.33. The molecule has 0 saturated heterocycles. The van der Waals surface area contributed by atoms with Gasteiger partial charge in [-0.2, -0.15) is 0 Å². The molecule has 2 heterocycles. The number of rotatable bonds is 4. The number of amides is 1. The first kappa shape index (κ1) is 14.0. The highest BCUT2D eigenvalue weighted by molar-refractivity contribution is 7.14. The van der Waals surface area contributed by atoms with E-state index < -0.39 is 0 Å². The lowest BCUT2D eigenvalue weighted by molar-refractivity contribution is 0.102. The van der Waals surface area contributed by atoms with Gasteiger partial charge in [0.2, 0.25) is 0 Å². The largest absolute Gasteiger partial charge is 0.298 e. The van der Waals surface area contributed by atoms with Gasteiger partial charge in [-0.25, -0.2) is 15.0 Å². The van der Waals surface area contributed by atoms with Gasteiger partial charge in [-0.15, -0.1) is 11.3 Å². The minimum atomic E-state index is -0.235. The first-order valence-corrected chi connectivity index (χ1v) is 8.32. The van der Waals surface area contributed by atoms with Crippen molar-refractivity contribution in [2.24, 2.45) is 0 Å². The van der Waals surface area contributed by atoms with Crippen molar-refractivity contribution in [2.45, 2.75) is 18.8 Å². The van der Waals surface area contributed by atoms with Crippen LogP contribution in [0.3, 0.4) is 0 Å². The van der Waals surface area contributed by atoms with Crippen LogP contribution in [0.5, 0.6) is 0 Å². The molecule has 5 nitrogen and oxygen atoms in total. The second-order valence-electron chi connectivity index (χ2n) is 5.47. The van der Waals surface area contributed by atoms with E-state index in [2.05, 4.69) is 20.3 Å². The van der Waals surface area contributed by atoms with Crippen molar-refractivity contribution in [1.82, 2.24) is 15.0 Å². The van der Waals surface area contributed by atoms with Gasteiger partial charge >= 0.3 is 0 Å². The third-order valence-corrected chi connectivity index (χ3v) is 4.46. The number of thiazole rings is 1. The maximum absolute atomic E-state index is 12.2. The number of carbonyl (C=O) groups excluding carboxylic acids is 1. The summed E-state index contributed by atoms with van der Waals surface area (Å²) in [4.78, 5) is 25.2. The van der Waals surface area contributed by atoms with Gasteiger partial charge in [0.25, 0.3) is 5.91 Å². The summed E-state index contributed by atoms with van der Waals surface area (Å²) in [6.45, 7) is 0. The zero-order valence-electron chi connectivity index (χ0n) is 12.3. The summed E-state index contributed by atoms with van der Waals surface area (Å²) in [6.07, 6.45) is 5.48. The van der Waals surface area contributed by atoms with Crippen molar-refractivity contribution in [3.05, 3.63) is 59.4 Å². The number of anilines is 1. The van der Waals surface area contributed by atoms with E-state index in [1.54, 1.807) is 12.4 Å². The molecule has 0 unspecified atom stereocenters. The zero-order chi connectivity index (χ0) is 15.6. The van der Waals surface area contributed by atoms with E-state index in [1.165, 1.54) is 24.2 Å². The molecule has 2 aromatic heterocycles. The van der Waals surface area contributed by atoms with E-state index >= 15 is 0 Å². The first-order valence-electron chi connectivity index (χ1n) is 7.44. The Balaban J connectivity index is 1.47. The summed E-state index contributed by atoms with van der Waals surface area (Å²) in [5.74, 6) is 0.958. The Bertz CT molecular complexity index is 825. The molecule has 1 amide bonds. The molecule has 0 atom stereocenters. The van der Waals surface area contributed by atoms with Crippen LogP contribution in [-0.2, 0) is 0 Å². The van der Waals surface area contributed by atoms with Gasteiger partial charge in [-0.3, -0.25) is 10.1 Å². The van der Waals surface area contributed by atoms with Gasteiger partial charge in [0, 0.05) is 29.3 Å². The lowest BCUT2D eigenvalue weighted by Crippen LogP contribution is -2.12. The SMILES string of the molecule is O=C(Nc1nc(C2CC2)cs1)c1cnc(-c2ccccc2)nc1. The molecule has 1 aliphatic rings. The predicted octanol–water partition coefficient (Wildman–Crippen LogP) is 3.73. The van der Waals surface area contributed by atoms with Crippen LogP contribution in [0.4, 0.5) is 5.13 Å². The first-order chi connectivity index (χ1) is 11.3. The van der Waals surface area contributed by atoms with Crippen LogP contribution >= 0.6 is 11.3 Å². The number of nitrogens with zero attached hydrogens (tertiary/aromatic N) is 3. The molecule has 0 aliphatic heterocycles. The number of benzene rings is 1. The summed E-state index contributed by atoms with van der Waals surface area (Å²) >= 11 is 1.46. The number of hydrogen-bond donors (Lipinski definition) is 1. The third-order valence-electron chi connectivity index (χ3n) is 3.68. The Morgan fingerprint density at radius 1 is 1.13 bits per heavy atom. The van der Waals surface area contributed by atoms with Crippen molar-refractivity contribution in [3.8, 4) is 11.4 Å². The maximum Gasteiger partial charge on any atom is 0.260 e. The molecule has 0 spiro atoms. The predicted molar refractivity (Wildman–Crippen MR) is 89.5 cm³/mol. The van der Waals surface area contributed by atoms with Gasteiger partial charge < -0.3 is 0 Å². The lowest BCUT2D eigenvalue weighted by Gasteiger charge is -2.03. The van der Waals surface area contributed by atoms with Crippen LogP contribution < -0.4 is 5.32 Å². The fraction of sp³-hybridized carbons (Fsp3) is 0.176. The fourth-order valence-corrected chi connectivity index (χ4v) is 3.05. The molecule has 1 saturated carbocycles. The van der Waals surface area contributed by atoms with Crippen molar-refractivity contribution < 1.29 is 4.79 Å². The third kappa shape index (κ3) is 3.12. The molecule has 6 heteroatoms. The van der Waals surface area contributed by atoms with E-state index in [9.17, 15) is 4.79 Å². The lowest BCUT2D eigenvalue weighted by atomic mass is 10.2. The van der Waals surface area contributed by atoms with E-state index in [-0.39, 0.29) is 5.91 Å². The molecule has 1 aromatic carbocycles. The van der Waals surface area contributed by atoms with Crippen molar-refractivity contribution >= 4 is 22.4 Å².